The molecule has 9 heteroatoms. The molecule has 0 fully saturated rings. The number of rotatable bonds is 5. The number of hydrogen-bond donors (Lipinski definition) is 0. The van der Waals surface area contributed by atoms with Gasteiger partial charge in [0.2, 0.25) is 0 Å². The molecule has 0 saturated heterocycles. The Morgan fingerprint density at radius 1 is 1.14 bits per heavy atom. The van der Waals surface area contributed by atoms with Crippen LogP contribution in [0.1, 0.15) is 28.5 Å². The molecule has 0 bridgehead atoms. The summed E-state index contributed by atoms with van der Waals surface area (Å²) in [6.45, 7) is 1.80. The summed E-state index contributed by atoms with van der Waals surface area (Å²) in [5.74, 6) is -0.193. The maximum atomic E-state index is 13.2. The number of halogens is 5. The van der Waals surface area contributed by atoms with Crippen LogP contribution >= 0.6 is 23.2 Å². The number of ether oxygens (including phenoxy) is 2. The molecular formula is C20H16Cl2F3NO3. The van der Waals surface area contributed by atoms with Gasteiger partial charge in [0.15, 0.2) is 0 Å². The minimum atomic E-state index is -4.59. The van der Waals surface area contributed by atoms with E-state index >= 15 is 0 Å². The molecule has 1 heterocycles. The second-order valence-electron chi connectivity index (χ2n) is 6.16. The second-order valence-corrected chi connectivity index (χ2v) is 6.95. The van der Waals surface area contributed by atoms with E-state index in [1.165, 1.54) is 19.2 Å². The molecule has 0 radical (unpaired) electrons. The Labute approximate surface area is 174 Å². The standard InChI is InChI=1S/C20H16Cl2F3NO3/c1-3-29-19(27)16-9-12-15(6-7-17(28-2)18(12)22)26(16)10-11-4-5-14(21)13(8-11)20(23,24)25/h4-9H,3,10H2,1-2H3. The Balaban J connectivity index is 2.16. The number of benzene rings is 2. The monoisotopic (exact) mass is 445 g/mol. The fourth-order valence-electron chi connectivity index (χ4n) is 3.05. The highest BCUT2D eigenvalue weighted by Crippen LogP contribution is 2.37. The van der Waals surface area contributed by atoms with Crippen molar-refractivity contribution in [3.8, 4) is 5.75 Å². The second kappa shape index (κ2) is 8.16. The normalized spacial score (nSPS) is 11.7. The summed E-state index contributed by atoms with van der Waals surface area (Å²) in [4.78, 5) is 12.5. The lowest BCUT2D eigenvalue weighted by atomic mass is 10.1. The van der Waals surface area contributed by atoms with Gasteiger partial charge in [-0.2, -0.15) is 13.2 Å². The van der Waals surface area contributed by atoms with Gasteiger partial charge in [0.05, 0.1) is 34.8 Å². The number of esters is 1. The molecule has 0 saturated carbocycles. The minimum absolute atomic E-state index is 0.0133. The van der Waals surface area contributed by atoms with Gasteiger partial charge in [0.1, 0.15) is 11.4 Å². The lowest BCUT2D eigenvalue weighted by Crippen LogP contribution is -2.13. The third kappa shape index (κ3) is 4.16. The predicted octanol–water partition coefficient (Wildman–Crippen LogP) is 6.20. The maximum absolute atomic E-state index is 13.2. The Bertz CT molecular complexity index is 1080. The summed E-state index contributed by atoms with van der Waals surface area (Å²) in [5.41, 5.74) is 0.102. The third-order valence-electron chi connectivity index (χ3n) is 4.37. The zero-order valence-electron chi connectivity index (χ0n) is 15.4. The number of alkyl halides is 3. The molecule has 1 aromatic heterocycles. The first-order chi connectivity index (χ1) is 13.7. The minimum Gasteiger partial charge on any atom is -0.495 e. The van der Waals surface area contributed by atoms with Crippen LogP contribution in [0.15, 0.2) is 36.4 Å². The van der Waals surface area contributed by atoms with Crippen molar-refractivity contribution in [2.75, 3.05) is 13.7 Å². The fourth-order valence-corrected chi connectivity index (χ4v) is 3.57. The molecule has 0 N–H and O–H groups in total. The van der Waals surface area contributed by atoms with Crippen molar-refractivity contribution in [2.45, 2.75) is 19.6 Å². The molecular weight excluding hydrogens is 430 g/mol. The molecule has 2 aromatic carbocycles. The molecule has 3 rings (SSSR count). The highest BCUT2D eigenvalue weighted by Gasteiger charge is 2.33. The van der Waals surface area contributed by atoms with Crippen molar-refractivity contribution >= 4 is 40.1 Å². The van der Waals surface area contributed by atoms with Crippen LogP contribution in [0.4, 0.5) is 13.2 Å². The maximum Gasteiger partial charge on any atom is 0.417 e. The van der Waals surface area contributed by atoms with E-state index in [2.05, 4.69) is 0 Å². The molecule has 3 aromatic rings. The van der Waals surface area contributed by atoms with Crippen molar-refractivity contribution in [2.24, 2.45) is 0 Å². The molecule has 4 nitrogen and oxygen atoms in total. The number of nitrogens with zero attached hydrogens (tertiary/aromatic N) is 1. The predicted molar refractivity (Wildman–Crippen MR) is 105 cm³/mol. The van der Waals surface area contributed by atoms with Gasteiger partial charge in [-0.25, -0.2) is 4.79 Å². The first-order valence-electron chi connectivity index (χ1n) is 8.55. The first-order valence-corrected chi connectivity index (χ1v) is 9.31. The third-order valence-corrected chi connectivity index (χ3v) is 5.08. The van der Waals surface area contributed by atoms with E-state index in [1.54, 1.807) is 29.7 Å². The summed E-state index contributed by atoms with van der Waals surface area (Å²) >= 11 is 12.1. The summed E-state index contributed by atoms with van der Waals surface area (Å²) in [6.07, 6.45) is -4.59. The highest BCUT2D eigenvalue weighted by atomic mass is 35.5. The average Bonchev–Trinajstić information content (AvgIpc) is 3.02. The van der Waals surface area contributed by atoms with Gasteiger partial charge in [-0.15, -0.1) is 0 Å². The fraction of sp³-hybridized carbons (Fsp3) is 0.250. The van der Waals surface area contributed by atoms with Gasteiger partial charge < -0.3 is 14.0 Å². The van der Waals surface area contributed by atoms with Crippen LogP contribution in [0.5, 0.6) is 5.75 Å². The lowest BCUT2D eigenvalue weighted by molar-refractivity contribution is -0.137. The van der Waals surface area contributed by atoms with Gasteiger partial charge in [0.25, 0.3) is 0 Å². The van der Waals surface area contributed by atoms with E-state index in [-0.39, 0.29) is 18.8 Å². The zero-order chi connectivity index (χ0) is 21.3. The number of carbonyl (C=O) groups is 1. The Morgan fingerprint density at radius 3 is 2.48 bits per heavy atom. The number of hydrogen-bond acceptors (Lipinski definition) is 3. The molecule has 29 heavy (non-hydrogen) atoms. The van der Waals surface area contributed by atoms with E-state index in [9.17, 15) is 18.0 Å². The summed E-state index contributed by atoms with van der Waals surface area (Å²) in [5, 5.41) is 0.428. The molecule has 0 spiro atoms. The molecule has 0 aliphatic rings. The number of carbonyl (C=O) groups excluding carboxylic acids is 1. The summed E-state index contributed by atoms with van der Waals surface area (Å²) in [7, 11) is 1.46. The summed E-state index contributed by atoms with van der Waals surface area (Å²) < 4.78 is 51.5. The van der Waals surface area contributed by atoms with Crippen LogP contribution in [-0.2, 0) is 17.5 Å². The molecule has 0 amide bonds. The molecule has 0 unspecified atom stereocenters. The van der Waals surface area contributed by atoms with Crippen molar-refractivity contribution in [1.29, 1.82) is 0 Å². The number of fused-ring (bicyclic) bond motifs is 1. The Kier molecular flexibility index (Phi) is 6.00. The van der Waals surface area contributed by atoms with Crippen LogP contribution in [0.3, 0.4) is 0 Å². The van der Waals surface area contributed by atoms with E-state index in [0.717, 1.165) is 6.07 Å². The molecule has 0 atom stereocenters. The SMILES string of the molecule is CCOC(=O)c1cc2c(Cl)c(OC)ccc2n1Cc1ccc(Cl)c(C(F)(F)F)c1. The Hall–Kier alpha value is -2.38. The van der Waals surface area contributed by atoms with Gasteiger partial charge in [-0.1, -0.05) is 29.3 Å². The van der Waals surface area contributed by atoms with Crippen molar-refractivity contribution in [3.63, 3.8) is 0 Å². The quantitative estimate of drug-likeness (QED) is 0.438. The average molecular weight is 446 g/mol. The van der Waals surface area contributed by atoms with Crippen molar-refractivity contribution in [3.05, 3.63) is 63.3 Å². The Morgan fingerprint density at radius 2 is 1.86 bits per heavy atom. The van der Waals surface area contributed by atoms with E-state index in [1.807, 2.05) is 0 Å². The van der Waals surface area contributed by atoms with E-state index in [4.69, 9.17) is 32.7 Å². The first kappa shape index (κ1) is 21.3. The van der Waals surface area contributed by atoms with Crippen LogP contribution in [0.25, 0.3) is 10.9 Å². The molecule has 0 aliphatic heterocycles. The topological polar surface area (TPSA) is 40.5 Å². The smallest absolute Gasteiger partial charge is 0.417 e. The summed E-state index contributed by atoms with van der Waals surface area (Å²) in [6, 6.07) is 8.48. The van der Waals surface area contributed by atoms with Crippen LogP contribution in [0.2, 0.25) is 10.0 Å². The van der Waals surface area contributed by atoms with Crippen LogP contribution < -0.4 is 4.74 Å². The molecule has 0 aliphatic carbocycles. The van der Waals surface area contributed by atoms with Crippen LogP contribution in [0, 0.1) is 0 Å². The van der Waals surface area contributed by atoms with Gasteiger partial charge >= 0.3 is 12.1 Å². The van der Waals surface area contributed by atoms with Gasteiger partial charge in [-0.05, 0) is 42.8 Å². The highest BCUT2D eigenvalue weighted by molar-refractivity contribution is 6.37. The van der Waals surface area contributed by atoms with Gasteiger partial charge in [-0.3, -0.25) is 0 Å². The van der Waals surface area contributed by atoms with Crippen LogP contribution in [-0.4, -0.2) is 24.3 Å². The number of methoxy groups -OCH3 is 1. The molecule has 154 valence electrons. The van der Waals surface area contributed by atoms with E-state index < -0.39 is 22.7 Å². The van der Waals surface area contributed by atoms with Crippen molar-refractivity contribution < 1.29 is 27.4 Å². The number of aromatic nitrogens is 1. The zero-order valence-corrected chi connectivity index (χ0v) is 17.0. The van der Waals surface area contributed by atoms with E-state index in [0.29, 0.717) is 27.2 Å². The lowest BCUT2D eigenvalue weighted by Gasteiger charge is -2.14. The van der Waals surface area contributed by atoms with Gasteiger partial charge in [0, 0.05) is 11.9 Å². The largest absolute Gasteiger partial charge is 0.495 e. The van der Waals surface area contributed by atoms with Crippen molar-refractivity contribution in [1.82, 2.24) is 4.57 Å².